The maximum Gasteiger partial charge on any atom is 0.175 e. The Labute approximate surface area is 163 Å². The lowest BCUT2D eigenvalue weighted by Gasteiger charge is -2.18. The van der Waals surface area contributed by atoms with E-state index in [2.05, 4.69) is 5.32 Å². The number of hydrogen-bond donors (Lipinski definition) is 3. The second kappa shape index (κ2) is 8.57. The molecule has 4 atom stereocenters. The van der Waals surface area contributed by atoms with E-state index in [1.807, 2.05) is 0 Å². The fourth-order valence-corrected chi connectivity index (χ4v) is 3.96. The molecule has 3 N–H and O–H groups in total. The Bertz CT molecular complexity index is 886. The van der Waals surface area contributed by atoms with Gasteiger partial charge in [-0.2, -0.15) is 0 Å². The number of halogens is 1. The molecule has 152 valence electrons. The zero-order chi connectivity index (χ0) is 20.3. The van der Waals surface area contributed by atoms with Crippen LogP contribution in [0.3, 0.4) is 0 Å². The van der Waals surface area contributed by atoms with Crippen LogP contribution >= 0.6 is 0 Å². The number of aliphatic hydroxyl groups is 2. The molecule has 0 radical (unpaired) electrons. The summed E-state index contributed by atoms with van der Waals surface area (Å²) < 4.78 is 41.6. The van der Waals surface area contributed by atoms with Gasteiger partial charge in [0.25, 0.3) is 0 Å². The van der Waals surface area contributed by atoms with Gasteiger partial charge in [0.1, 0.15) is 11.6 Å². The molecule has 0 aliphatic heterocycles. The summed E-state index contributed by atoms with van der Waals surface area (Å²) in [6.45, 7) is 0.653. The largest absolute Gasteiger partial charge is 0.493 e. The summed E-state index contributed by atoms with van der Waals surface area (Å²) >= 11 is 0. The lowest BCUT2D eigenvalue weighted by molar-refractivity contribution is 0.00207. The fraction of sp³-hybridized carbons (Fsp3) is 0.400. The molecular formula is C20H24FNO5S. The van der Waals surface area contributed by atoms with Gasteiger partial charge in [-0.15, -0.1) is 0 Å². The Morgan fingerprint density at radius 1 is 1.07 bits per heavy atom. The van der Waals surface area contributed by atoms with Crippen molar-refractivity contribution in [2.75, 3.05) is 12.9 Å². The molecule has 0 saturated heterocycles. The zero-order valence-corrected chi connectivity index (χ0v) is 16.3. The van der Waals surface area contributed by atoms with Gasteiger partial charge in [0.05, 0.1) is 23.7 Å². The molecule has 8 heteroatoms. The van der Waals surface area contributed by atoms with Gasteiger partial charge in [0.2, 0.25) is 0 Å². The summed E-state index contributed by atoms with van der Waals surface area (Å²) in [4.78, 5) is 0.209. The molecule has 28 heavy (non-hydrogen) atoms. The Hall–Kier alpha value is -2.00. The first-order chi connectivity index (χ1) is 13.2. The van der Waals surface area contributed by atoms with Crippen molar-refractivity contribution in [2.24, 2.45) is 5.92 Å². The molecular weight excluding hydrogens is 385 g/mol. The molecule has 1 saturated carbocycles. The van der Waals surface area contributed by atoms with Crippen LogP contribution in [-0.4, -0.2) is 49.7 Å². The Morgan fingerprint density at radius 3 is 2.32 bits per heavy atom. The standard InChI is InChI=1S/C20H24FNO5S/c1-28(25,26)17-8-6-16(7-9-17)27-12-14-10-18(20(24)19(14)23)22-11-13-2-4-15(21)5-3-13/h2-9,14,18-20,22-24H,10-12H2,1H3/t14-,18-,19-,20+/m1/s1. The van der Waals surface area contributed by atoms with Gasteiger partial charge in [-0.25, -0.2) is 12.8 Å². The molecule has 0 heterocycles. The first-order valence-electron chi connectivity index (χ1n) is 9.01. The highest BCUT2D eigenvalue weighted by molar-refractivity contribution is 7.90. The normalized spacial score (nSPS) is 25.0. The van der Waals surface area contributed by atoms with Gasteiger partial charge in [-0.3, -0.25) is 0 Å². The molecule has 0 unspecified atom stereocenters. The van der Waals surface area contributed by atoms with Gasteiger partial charge in [-0.1, -0.05) is 12.1 Å². The van der Waals surface area contributed by atoms with Crippen molar-refractivity contribution in [3.05, 3.63) is 59.9 Å². The quantitative estimate of drug-likeness (QED) is 0.642. The fourth-order valence-electron chi connectivity index (χ4n) is 3.33. The average molecular weight is 409 g/mol. The zero-order valence-electron chi connectivity index (χ0n) is 15.5. The Balaban J connectivity index is 1.53. The van der Waals surface area contributed by atoms with Crippen LogP contribution in [0, 0.1) is 11.7 Å². The number of benzene rings is 2. The molecule has 2 aromatic carbocycles. The van der Waals surface area contributed by atoms with Crippen LogP contribution in [0.2, 0.25) is 0 Å². The van der Waals surface area contributed by atoms with Gasteiger partial charge in [0, 0.05) is 24.8 Å². The summed E-state index contributed by atoms with van der Waals surface area (Å²) in [6, 6.07) is 11.9. The van der Waals surface area contributed by atoms with E-state index in [1.165, 1.54) is 24.3 Å². The highest BCUT2D eigenvalue weighted by atomic mass is 32.2. The topological polar surface area (TPSA) is 95.9 Å². The van der Waals surface area contributed by atoms with E-state index in [4.69, 9.17) is 4.74 Å². The van der Waals surface area contributed by atoms with Gasteiger partial charge in [0.15, 0.2) is 9.84 Å². The molecule has 1 fully saturated rings. The molecule has 0 bridgehead atoms. The van der Waals surface area contributed by atoms with Gasteiger partial charge in [-0.05, 0) is 48.4 Å². The van der Waals surface area contributed by atoms with Crippen LogP contribution in [0.1, 0.15) is 12.0 Å². The van der Waals surface area contributed by atoms with E-state index in [0.717, 1.165) is 11.8 Å². The van der Waals surface area contributed by atoms with Crippen molar-refractivity contribution >= 4 is 9.84 Å². The average Bonchev–Trinajstić information content (AvgIpc) is 2.93. The summed E-state index contributed by atoms with van der Waals surface area (Å²) in [5, 5.41) is 23.8. The van der Waals surface area contributed by atoms with Crippen molar-refractivity contribution in [2.45, 2.75) is 36.1 Å². The molecule has 0 spiro atoms. The molecule has 1 aliphatic rings. The predicted octanol–water partition coefficient (Wildman–Crippen LogP) is 1.51. The van der Waals surface area contributed by atoms with Crippen molar-refractivity contribution in [3.63, 3.8) is 0 Å². The second-order valence-electron chi connectivity index (χ2n) is 7.15. The van der Waals surface area contributed by atoms with Crippen LogP contribution < -0.4 is 10.1 Å². The Kier molecular flexibility index (Phi) is 6.34. The van der Waals surface area contributed by atoms with E-state index in [1.54, 1.807) is 24.3 Å². The van der Waals surface area contributed by atoms with Crippen LogP contribution in [0.25, 0.3) is 0 Å². The lowest BCUT2D eigenvalue weighted by atomic mass is 10.1. The minimum atomic E-state index is -3.26. The third-order valence-electron chi connectivity index (χ3n) is 5.00. The number of rotatable bonds is 7. The van der Waals surface area contributed by atoms with Crippen LogP contribution in [0.5, 0.6) is 5.75 Å². The minimum absolute atomic E-state index is 0.200. The SMILES string of the molecule is CS(=O)(=O)c1ccc(OC[C@H]2C[C@@H](NCc3ccc(F)cc3)[C@H](O)[C@@H]2O)cc1. The molecule has 6 nitrogen and oxygen atoms in total. The molecule has 2 aromatic rings. The predicted molar refractivity (Wildman–Crippen MR) is 102 cm³/mol. The van der Waals surface area contributed by atoms with Crippen molar-refractivity contribution in [3.8, 4) is 5.75 Å². The van der Waals surface area contributed by atoms with E-state index in [9.17, 15) is 23.0 Å². The lowest BCUT2D eigenvalue weighted by Crippen LogP contribution is -2.39. The summed E-state index contributed by atoms with van der Waals surface area (Å²) in [5.74, 6) is -0.0750. The number of hydrogen-bond acceptors (Lipinski definition) is 6. The maximum absolute atomic E-state index is 13.0. The maximum atomic E-state index is 13.0. The van der Waals surface area contributed by atoms with Crippen LogP contribution in [0.15, 0.2) is 53.4 Å². The third kappa shape index (κ3) is 5.08. The van der Waals surface area contributed by atoms with Crippen molar-refractivity contribution in [1.29, 1.82) is 0 Å². The minimum Gasteiger partial charge on any atom is -0.493 e. The van der Waals surface area contributed by atoms with Crippen molar-refractivity contribution < 1.29 is 27.8 Å². The van der Waals surface area contributed by atoms with E-state index in [0.29, 0.717) is 18.7 Å². The first-order valence-corrected chi connectivity index (χ1v) is 10.9. The number of sulfone groups is 1. The molecule has 0 amide bonds. The van der Waals surface area contributed by atoms with Crippen LogP contribution in [0.4, 0.5) is 4.39 Å². The third-order valence-corrected chi connectivity index (χ3v) is 6.13. The van der Waals surface area contributed by atoms with Crippen LogP contribution in [-0.2, 0) is 16.4 Å². The second-order valence-corrected chi connectivity index (χ2v) is 9.16. The summed E-state index contributed by atoms with van der Waals surface area (Å²) in [5.41, 5.74) is 0.883. The van der Waals surface area contributed by atoms with Gasteiger partial charge < -0.3 is 20.3 Å². The number of aliphatic hydroxyl groups excluding tert-OH is 2. The van der Waals surface area contributed by atoms with E-state index >= 15 is 0 Å². The monoisotopic (exact) mass is 409 g/mol. The van der Waals surface area contributed by atoms with E-state index in [-0.39, 0.29) is 29.3 Å². The Morgan fingerprint density at radius 2 is 1.71 bits per heavy atom. The highest BCUT2D eigenvalue weighted by Gasteiger charge is 2.41. The van der Waals surface area contributed by atoms with Crippen molar-refractivity contribution in [1.82, 2.24) is 5.32 Å². The summed E-state index contributed by atoms with van der Waals surface area (Å²) in [6.07, 6.45) is -0.203. The molecule has 3 rings (SSSR count). The molecule has 1 aliphatic carbocycles. The van der Waals surface area contributed by atoms with E-state index < -0.39 is 22.0 Å². The van der Waals surface area contributed by atoms with Gasteiger partial charge >= 0.3 is 0 Å². The molecule has 0 aromatic heterocycles. The highest BCUT2D eigenvalue weighted by Crippen LogP contribution is 2.28. The smallest absolute Gasteiger partial charge is 0.175 e. The number of nitrogens with one attached hydrogen (secondary N) is 1. The first kappa shape index (κ1) is 20.7. The summed E-state index contributed by atoms with van der Waals surface area (Å²) in [7, 11) is -3.26. The number of ether oxygens (including phenoxy) is 1.